The minimum atomic E-state index is 0.893. The smallest absolute Gasteiger partial charge is 0.165 e. The van der Waals surface area contributed by atoms with Gasteiger partial charge in [-0.3, -0.25) is 57.5 Å². The zero-order chi connectivity index (χ0) is 90.7. The molecule has 8 aliphatic rings. The number of nitrogens with zero attached hydrogens (tertiary/aromatic N) is 16. The fourth-order valence-electron chi connectivity index (χ4n) is 25.9. The highest BCUT2D eigenvalue weighted by molar-refractivity contribution is 6.20. The molecule has 12 aromatic carbocycles. The van der Waals surface area contributed by atoms with Crippen molar-refractivity contribution in [3.8, 4) is 89.0 Å². The van der Waals surface area contributed by atoms with Crippen LogP contribution in [-0.2, 0) is 51.4 Å². The second-order valence-electron chi connectivity index (χ2n) is 38.9. The van der Waals surface area contributed by atoms with Crippen LogP contribution in [0.4, 0.5) is 0 Å². The molecule has 0 N–H and O–H groups in total. The molecule has 0 radical (unpaired) electrons. The molecule has 0 spiro atoms. The molecule has 0 bridgehead atoms. The molecule has 140 heavy (non-hydrogen) atoms. The summed E-state index contributed by atoms with van der Waals surface area (Å²) in [5, 5.41) is 11.2. The zero-order valence-corrected chi connectivity index (χ0v) is 75.1. The molecule has 0 aliphatic heterocycles. The second-order valence-corrected chi connectivity index (χ2v) is 38.9. The van der Waals surface area contributed by atoms with Gasteiger partial charge in [0.05, 0.1) is 96.5 Å². The maximum atomic E-state index is 5.16. The third kappa shape index (κ3) is 10.3. The summed E-state index contributed by atoms with van der Waals surface area (Å²) < 4.78 is 9.25. The highest BCUT2D eigenvalue weighted by atomic mass is 15.1. The van der Waals surface area contributed by atoms with Gasteiger partial charge in [-0.05, 0) is 316 Å². The normalized spacial score (nSPS) is 13.5. The van der Waals surface area contributed by atoms with Crippen molar-refractivity contribution in [2.24, 2.45) is 0 Å². The van der Waals surface area contributed by atoms with Crippen molar-refractivity contribution in [3.63, 3.8) is 0 Å². The van der Waals surface area contributed by atoms with Crippen molar-refractivity contribution in [3.05, 3.63) is 431 Å². The van der Waals surface area contributed by atoms with E-state index in [2.05, 4.69) is 290 Å². The van der Waals surface area contributed by atoms with E-state index in [0.29, 0.717) is 0 Å². The van der Waals surface area contributed by atoms with Crippen LogP contribution in [0.1, 0.15) is 89.0 Å². The first kappa shape index (κ1) is 75.1. The van der Waals surface area contributed by atoms with E-state index >= 15 is 0 Å². The Morgan fingerprint density at radius 2 is 0.464 bits per heavy atom. The average Bonchev–Trinajstić information content (AvgIpc) is 1.55. The summed E-state index contributed by atoms with van der Waals surface area (Å²) in [7, 11) is 0. The molecule has 16 heterocycles. The number of hydrogen-bond donors (Lipinski definition) is 0. The minimum Gasteiger partial charge on any atom is -0.289 e. The first-order chi connectivity index (χ1) is 69.4. The molecule has 8 aliphatic carbocycles. The molecule has 0 unspecified atom stereocenters. The Hall–Kier alpha value is -18.3. The van der Waals surface area contributed by atoms with Crippen LogP contribution in [0.3, 0.4) is 0 Å². The van der Waals surface area contributed by atoms with Crippen LogP contribution < -0.4 is 0 Å². The lowest BCUT2D eigenvalue weighted by molar-refractivity contribution is 1.21. The SMILES string of the molecule is c1ccc2c(c1)Cc1cc3c(cc1-2)-c1c(ccc2nc4c5cccnc5c5ccncc5n4c12)C3.c1ccc2c(c1)Cc1cc3c(cc1-2)-c1c(ccc2nc4c5ccncc5c5ccncc5n4c12)C3.c1ccc2c(c1)Cc1cc3c(cc1-2)-c1c(ccc2nc4c5cnccc5c5ccncc5n4c12)C3.c1ccc2c(c1)Cc1cc3c(cc1-2)-c1c(ccc2nc4c5ncccc5c5ccncc5n4c12)C3. The maximum Gasteiger partial charge on any atom is 0.165 e. The Kier molecular flexibility index (Phi) is 14.9. The van der Waals surface area contributed by atoms with E-state index in [1.165, 1.54) is 200 Å². The number of benzene rings is 12. The van der Waals surface area contributed by atoms with Gasteiger partial charge in [-0.25, -0.2) is 19.9 Å². The maximum absolute atomic E-state index is 5.16. The molecular weight excluding hydrogens is 1710 g/mol. The van der Waals surface area contributed by atoms with E-state index in [-0.39, 0.29) is 0 Å². The highest BCUT2D eigenvalue weighted by Crippen LogP contribution is 2.55. The van der Waals surface area contributed by atoms with Crippen LogP contribution in [0.5, 0.6) is 0 Å². The van der Waals surface area contributed by atoms with Gasteiger partial charge in [-0.1, -0.05) is 152 Å². The molecule has 0 saturated heterocycles. The zero-order valence-electron chi connectivity index (χ0n) is 75.1. The van der Waals surface area contributed by atoms with Crippen molar-refractivity contribution in [2.45, 2.75) is 51.4 Å². The number of imidazole rings is 4. The third-order valence-corrected chi connectivity index (χ3v) is 31.8. The lowest BCUT2D eigenvalue weighted by atomic mass is 9.97. The van der Waals surface area contributed by atoms with Gasteiger partial charge in [-0.2, -0.15) is 0 Å². The third-order valence-electron chi connectivity index (χ3n) is 31.8. The molecule has 28 aromatic rings. The fourth-order valence-corrected chi connectivity index (χ4v) is 25.9. The lowest BCUT2D eigenvalue weighted by Crippen LogP contribution is -1.95. The van der Waals surface area contributed by atoms with Gasteiger partial charge in [0.15, 0.2) is 5.65 Å². The topological polar surface area (TPSA) is 172 Å². The number of rotatable bonds is 0. The van der Waals surface area contributed by atoms with Gasteiger partial charge in [0.25, 0.3) is 0 Å². The summed E-state index contributed by atoms with van der Waals surface area (Å²) in [6.07, 6.45) is 34.5. The van der Waals surface area contributed by atoms with Gasteiger partial charge in [0.2, 0.25) is 0 Å². The molecular formula is C124H72N16. The molecule has 0 saturated carbocycles. The summed E-state index contributed by atoms with van der Waals surface area (Å²) in [5.41, 5.74) is 62.8. The number of fused-ring (bicyclic) bond motifs is 60. The van der Waals surface area contributed by atoms with Crippen LogP contribution in [0.15, 0.2) is 342 Å². The largest absolute Gasteiger partial charge is 0.289 e. The van der Waals surface area contributed by atoms with Gasteiger partial charge in [0, 0.05) is 133 Å². The Morgan fingerprint density at radius 3 is 0.879 bits per heavy atom. The molecule has 0 atom stereocenters. The van der Waals surface area contributed by atoms with E-state index in [0.717, 1.165) is 183 Å². The molecule has 16 heteroatoms. The minimum absolute atomic E-state index is 0.893. The van der Waals surface area contributed by atoms with Gasteiger partial charge in [-0.15, -0.1) is 0 Å². The predicted octanol–water partition coefficient (Wildman–Crippen LogP) is 26.9. The summed E-state index contributed by atoms with van der Waals surface area (Å²) in [5.74, 6) is 0. The van der Waals surface area contributed by atoms with E-state index in [4.69, 9.17) is 29.9 Å². The Balaban J connectivity index is 0.0000000829. The van der Waals surface area contributed by atoms with Crippen molar-refractivity contribution >= 4 is 154 Å². The first-order valence-corrected chi connectivity index (χ1v) is 48.1. The van der Waals surface area contributed by atoms with Gasteiger partial charge < -0.3 is 0 Å². The van der Waals surface area contributed by atoms with Crippen molar-refractivity contribution in [1.82, 2.24) is 77.4 Å². The van der Waals surface area contributed by atoms with Crippen LogP contribution in [0.25, 0.3) is 243 Å². The number of pyridine rings is 12. The van der Waals surface area contributed by atoms with Crippen LogP contribution in [0, 0.1) is 0 Å². The Labute approximate surface area is 796 Å². The van der Waals surface area contributed by atoms with Gasteiger partial charge in [0.1, 0.15) is 22.5 Å². The van der Waals surface area contributed by atoms with E-state index in [9.17, 15) is 0 Å². The summed E-state index contributed by atoms with van der Waals surface area (Å²) in [6, 6.07) is 93.3. The van der Waals surface area contributed by atoms with E-state index in [1.54, 1.807) is 0 Å². The van der Waals surface area contributed by atoms with E-state index < -0.39 is 0 Å². The van der Waals surface area contributed by atoms with Gasteiger partial charge >= 0.3 is 0 Å². The van der Waals surface area contributed by atoms with Crippen molar-refractivity contribution < 1.29 is 0 Å². The molecule has 36 rings (SSSR count). The Bertz CT molecular complexity index is 9460. The Morgan fingerprint density at radius 1 is 0.171 bits per heavy atom. The van der Waals surface area contributed by atoms with Crippen LogP contribution in [-0.4, -0.2) is 77.4 Å². The average molecular weight is 1790 g/mol. The van der Waals surface area contributed by atoms with Crippen LogP contribution in [0.2, 0.25) is 0 Å². The monoisotopic (exact) mass is 1780 g/mol. The number of aromatic nitrogens is 16. The summed E-state index contributed by atoms with van der Waals surface area (Å²) in [4.78, 5) is 56.9. The molecule has 648 valence electrons. The highest BCUT2D eigenvalue weighted by Gasteiger charge is 2.36. The summed E-state index contributed by atoms with van der Waals surface area (Å²) >= 11 is 0. The molecule has 16 aromatic heterocycles. The standard InChI is InChI=1S/4C31H18N4/c1-2-5-21-17(4-1)12-19-14-20-13-18-7-8-26-30(28(18)25(20)15-24(19)21)35-27-16-32-11-9-22(27)29-23(31(35)34-26)6-3-10-33-29;1-2-5-21-17(4-1)12-19-14-20-13-18-7-8-26-30(28(18)25(20)15-24(19)21)35-27-16-32-11-9-22(27)23-6-3-10-33-29(23)31(35)34-26;1-2-4-21-17(3-1)11-19-13-20-12-18-5-6-27-30(29(18)25(20)14-24(19)21)35-28-16-33-9-7-22(28)26-15-32-10-8-23(26)31(35)34-27;1-2-4-21-17(3-1)11-19-13-20-12-18-5-6-27-30(29(18)25(20)14-24(19)21)35-28-16-33-10-8-23(28)22-7-9-32-15-26(22)31(35)34-27/h2*1-11,14-16H,12-13H2;2*1-10,13-16H,11-12H2. The number of hydrogen-bond acceptors (Lipinski definition) is 12. The molecule has 0 amide bonds. The second kappa shape index (κ2) is 27.7. The predicted molar refractivity (Wildman–Crippen MR) is 559 cm³/mol. The van der Waals surface area contributed by atoms with E-state index in [1.807, 2.05) is 98.9 Å². The molecule has 0 fully saturated rings. The van der Waals surface area contributed by atoms with Crippen LogP contribution >= 0.6 is 0 Å². The first-order valence-electron chi connectivity index (χ1n) is 48.1. The quantitative estimate of drug-likeness (QED) is 0.132. The van der Waals surface area contributed by atoms with Crippen molar-refractivity contribution in [2.75, 3.05) is 0 Å². The summed E-state index contributed by atoms with van der Waals surface area (Å²) in [6.45, 7) is 0. The van der Waals surface area contributed by atoms with Crippen molar-refractivity contribution in [1.29, 1.82) is 0 Å². The lowest BCUT2D eigenvalue weighted by Gasteiger charge is -2.11. The fraction of sp³-hybridized carbons (Fsp3) is 0.0645. The molecule has 16 nitrogen and oxygen atoms in total.